The van der Waals surface area contributed by atoms with Gasteiger partial charge in [-0.2, -0.15) is 0 Å². The lowest BCUT2D eigenvalue weighted by Gasteiger charge is -2.26. The molecule has 6 nitrogen and oxygen atoms in total. The summed E-state index contributed by atoms with van der Waals surface area (Å²) in [5, 5.41) is 2.84. The van der Waals surface area contributed by atoms with Crippen LogP contribution in [-0.2, 0) is 17.7 Å². The van der Waals surface area contributed by atoms with E-state index in [0.717, 1.165) is 25.1 Å². The predicted octanol–water partition coefficient (Wildman–Crippen LogP) is 1.54. The Balaban J connectivity index is 1.94. The Kier molecular flexibility index (Phi) is 3.59. The number of nitrogens with one attached hydrogen (secondary N) is 1. The number of rotatable bonds is 2. The molecule has 1 aromatic rings. The van der Waals surface area contributed by atoms with Crippen molar-refractivity contribution in [3.05, 3.63) is 17.7 Å². The van der Waals surface area contributed by atoms with E-state index in [2.05, 4.69) is 10.3 Å². The van der Waals surface area contributed by atoms with Crippen molar-refractivity contribution in [1.82, 2.24) is 14.9 Å². The van der Waals surface area contributed by atoms with Crippen molar-refractivity contribution >= 4 is 12.4 Å². The summed E-state index contributed by atoms with van der Waals surface area (Å²) in [6, 6.07) is 0.00394. The van der Waals surface area contributed by atoms with Gasteiger partial charge in [-0.05, 0) is 27.2 Å². The molecule has 19 heavy (non-hydrogen) atoms. The number of carbonyl (C=O) groups is 2. The number of hydrogen-bond donors (Lipinski definition) is 1. The lowest BCUT2D eigenvalue weighted by Crippen LogP contribution is -2.42. The molecule has 0 saturated heterocycles. The van der Waals surface area contributed by atoms with Crippen LogP contribution >= 0.6 is 0 Å². The number of imidazole rings is 1. The van der Waals surface area contributed by atoms with Crippen LogP contribution in [-0.4, -0.2) is 33.6 Å². The third-order valence-electron chi connectivity index (χ3n) is 2.87. The molecule has 0 fully saturated rings. The van der Waals surface area contributed by atoms with Gasteiger partial charge in [0.1, 0.15) is 17.1 Å². The van der Waals surface area contributed by atoms with Crippen molar-refractivity contribution in [2.75, 3.05) is 0 Å². The molecule has 1 unspecified atom stereocenters. The van der Waals surface area contributed by atoms with Crippen molar-refractivity contribution in [3.8, 4) is 0 Å². The monoisotopic (exact) mass is 265 g/mol. The van der Waals surface area contributed by atoms with E-state index in [1.165, 1.54) is 0 Å². The van der Waals surface area contributed by atoms with Gasteiger partial charge < -0.3 is 14.6 Å². The minimum absolute atomic E-state index is 0.00394. The van der Waals surface area contributed by atoms with E-state index in [9.17, 15) is 9.59 Å². The predicted molar refractivity (Wildman–Crippen MR) is 69.1 cm³/mol. The van der Waals surface area contributed by atoms with E-state index in [4.69, 9.17) is 4.74 Å². The van der Waals surface area contributed by atoms with Crippen LogP contribution in [0.25, 0.3) is 0 Å². The lowest BCUT2D eigenvalue weighted by atomic mass is 10.1. The van der Waals surface area contributed by atoms with Gasteiger partial charge in [0.05, 0.1) is 0 Å². The second-order valence-corrected chi connectivity index (χ2v) is 5.73. The maximum atomic E-state index is 11.7. The van der Waals surface area contributed by atoms with E-state index in [-0.39, 0.29) is 6.04 Å². The topological polar surface area (TPSA) is 73.2 Å². The molecule has 1 aliphatic rings. The molecule has 6 heteroatoms. The minimum Gasteiger partial charge on any atom is -0.444 e. The van der Waals surface area contributed by atoms with Crippen LogP contribution in [0.5, 0.6) is 0 Å². The van der Waals surface area contributed by atoms with Crippen LogP contribution in [0.1, 0.15) is 43.5 Å². The van der Waals surface area contributed by atoms with Crippen molar-refractivity contribution in [2.24, 2.45) is 0 Å². The maximum Gasteiger partial charge on any atom is 0.407 e. The number of amides is 1. The summed E-state index contributed by atoms with van der Waals surface area (Å²) in [7, 11) is 0. The molecule has 1 aromatic heterocycles. The highest BCUT2D eigenvalue weighted by molar-refractivity contribution is 5.71. The highest BCUT2D eigenvalue weighted by Crippen LogP contribution is 2.15. The first-order chi connectivity index (χ1) is 8.87. The average molecular weight is 265 g/mol. The van der Waals surface area contributed by atoms with Crippen LogP contribution in [0.4, 0.5) is 4.79 Å². The van der Waals surface area contributed by atoms with Gasteiger partial charge in [-0.15, -0.1) is 0 Å². The Morgan fingerprint density at radius 2 is 2.32 bits per heavy atom. The van der Waals surface area contributed by atoms with Gasteiger partial charge in [-0.1, -0.05) is 0 Å². The van der Waals surface area contributed by atoms with Crippen LogP contribution < -0.4 is 5.32 Å². The fraction of sp³-hybridized carbons (Fsp3) is 0.615. The molecule has 0 saturated carbocycles. The molecule has 2 heterocycles. The summed E-state index contributed by atoms with van der Waals surface area (Å²) in [5.74, 6) is 0.828. The Bertz CT molecular complexity index is 488. The highest BCUT2D eigenvalue weighted by atomic mass is 16.6. The summed E-state index contributed by atoms with van der Waals surface area (Å²) < 4.78 is 7.18. The fourth-order valence-corrected chi connectivity index (χ4v) is 2.10. The van der Waals surface area contributed by atoms with E-state index < -0.39 is 11.7 Å². The fourth-order valence-electron chi connectivity index (χ4n) is 2.10. The smallest absolute Gasteiger partial charge is 0.407 e. The SMILES string of the molecule is CC(C)(C)OC(=O)NC1CCn2cc(C=O)nc2C1. The molecule has 1 atom stereocenters. The van der Waals surface area contributed by atoms with Crippen LogP contribution in [0, 0.1) is 0 Å². The second-order valence-electron chi connectivity index (χ2n) is 5.73. The zero-order valence-corrected chi connectivity index (χ0v) is 11.5. The Labute approximate surface area is 112 Å². The standard InChI is InChI=1S/C13H19N3O3/c1-13(2,3)19-12(18)15-9-4-5-16-7-10(8-17)14-11(16)6-9/h7-9H,4-6H2,1-3H3,(H,15,18). The first-order valence-corrected chi connectivity index (χ1v) is 6.38. The van der Waals surface area contributed by atoms with Crippen molar-refractivity contribution in [2.45, 2.75) is 51.8 Å². The average Bonchev–Trinajstić information content (AvgIpc) is 2.68. The van der Waals surface area contributed by atoms with Gasteiger partial charge in [-0.25, -0.2) is 9.78 Å². The number of aromatic nitrogens is 2. The molecule has 0 bridgehead atoms. The van der Waals surface area contributed by atoms with Gasteiger partial charge in [-0.3, -0.25) is 4.79 Å². The molecular weight excluding hydrogens is 246 g/mol. The summed E-state index contributed by atoms with van der Waals surface area (Å²) in [6.07, 6.45) is 3.50. The number of ether oxygens (including phenoxy) is 1. The number of hydrogen-bond acceptors (Lipinski definition) is 4. The van der Waals surface area contributed by atoms with E-state index in [0.29, 0.717) is 12.1 Å². The van der Waals surface area contributed by atoms with Crippen molar-refractivity contribution in [3.63, 3.8) is 0 Å². The molecule has 2 rings (SSSR count). The van der Waals surface area contributed by atoms with Crippen LogP contribution in [0.15, 0.2) is 6.20 Å². The highest BCUT2D eigenvalue weighted by Gasteiger charge is 2.24. The van der Waals surface area contributed by atoms with Crippen LogP contribution in [0.2, 0.25) is 0 Å². The molecule has 0 spiro atoms. The molecule has 1 N–H and O–H groups in total. The number of fused-ring (bicyclic) bond motifs is 1. The largest absolute Gasteiger partial charge is 0.444 e. The maximum absolute atomic E-state index is 11.7. The molecule has 1 aliphatic heterocycles. The van der Waals surface area contributed by atoms with E-state index >= 15 is 0 Å². The summed E-state index contributed by atoms with van der Waals surface area (Å²) in [6.45, 7) is 6.24. The summed E-state index contributed by atoms with van der Waals surface area (Å²) in [5.41, 5.74) is -0.0602. The van der Waals surface area contributed by atoms with E-state index in [1.807, 2.05) is 25.3 Å². The molecule has 1 amide bonds. The Morgan fingerprint density at radius 1 is 1.58 bits per heavy atom. The lowest BCUT2D eigenvalue weighted by molar-refractivity contribution is 0.0496. The van der Waals surface area contributed by atoms with Gasteiger partial charge in [0.2, 0.25) is 0 Å². The number of carbonyl (C=O) groups excluding carboxylic acids is 2. The number of nitrogens with zero attached hydrogens (tertiary/aromatic N) is 2. The Morgan fingerprint density at radius 3 is 2.95 bits per heavy atom. The first kappa shape index (κ1) is 13.6. The number of aryl methyl sites for hydroxylation is 1. The van der Waals surface area contributed by atoms with Crippen molar-refractivity contribution in [1.29, 1.82) is 0 Å². The number of alkyl carbamates (subject to hydrolysis) is 1. The zero-order valence-electron chi connectivity index (χ0n) is 11.5. The first-order valence-electron chi connectivity index (χ1n) is 6.38. The minimum atomic E-state index is -0.498. The normalized spacial score (nSPS) is 18.6. The van der Waals surface area contributed by atoms with Gasteiger partial charge in [0.25, 0.3) is 0 Å². The van der Waals surface area contributed by atoms with E-state index in [1.54, 1.807) is 6.20 Å². The zero-order chi connectivity index (χ0) is 14.0. The van der Waals surface area contributed by atoms with Gasteiger partial charge in [0.15, 0.2) is 6.29 Å². The second kappa shape index (κ2) is 5.03. The third-order valence-corrected chi connectivity index (χ3v) is 2.87. The van der Waals surface area contributed by atoms with Gasteiger partial charge in [0, 0.05) is 25.2 Å². The van der Waals surface area contributed by atoms with Crippen molar-refractivity contribution < 1.29 is 14.3 Å². The quantitative estimate of drug-likeness (QED) is 0.823. The number of aldehydes is 1. The van der Waals surface area contributed by atoms with Crippen LogP contribution in [0.3, 0.4) is 0 Å². The Hall–Kier alpha value is -1.85. The summed E-state index contributed by atoms with van der Waals surface area (Å²) in [4.78, 5) is 26.6. The molecule has 0 radical (unpaired) electrons. The molecular formula is C13H19N3O3. The third kappa shape index (κ3) is 3.56. The molecule has 104 valence electrons. The van der Waals surface area contributed by atoms with Gasteiger partial charge >= 0.3 is 6.09 Å². The summed E-state index contributed by atoms with van der Waals surface area (Å²) >= 11 is 0. The molecule has 0 aromatic carbocycles. The molecule has 0 aliphatic carbocycles.